The summed E-state index contributed by atoms with van der Waals surface area (Å²) >= 11 is 5.69. The molecule has 1 aromatic rings. The van der Waals surface area contributed by atoms with Crippen LogP contribution in [-0.4, -0.2) is 39.7 Å². The maximum atomic E-state index is 11.8. The van der Waals surface area contributed by atoms with Crippen molar-refractivity contribution in [1.29, 1.82) is 0 Å². The van der Waals surface area contributed by atoms with Crippen LogP contribution in [0.1, 0.15) is 0 Å². The molecule has 92 valence electrons. The lowest BCUT2D eigenvalue weighted by Crippen LogP contribution is -2.21. The smallest absolute Gasteiger partial charge is 0.179 e. The van der Waals surface area contributed by atoms with Crippen molar-refractivity contribution in [1.82, 2.24) is 4.90 Å². The van der Waals surface area contributed by atoms with Crippen LogP contribution in [0.2, 0.25) is 5.02 Å². The number of rotatable bonds is 4. The Labute approximate surface area is 108 Å². The molecule has 0 saturated carbocycles. The largest absolute Gasteiger partial charge is 0.308 e. The molecule has 0 aliphatic heterocycles. The molecule has 0 saturated heterocycles. The average Bonchev–Trinajstić information content (AvgIpc) is 2.16. The highest BCUT2D eigenvalue weighted by molar-refractivity contribution is 7.91. The van der Waals surface area contributed by atoms with E-state index < -0.39 is 9.84 Å². The highest BCUT2D eigenvalue weighted by atomic mass is 35.5. The van der Waals surface area contributed by atoms with E-state index in [2.05, 4.69) is 0 Å². The summed E-state index contributed by atoms with van der Waals surface area (Å²) in [7, 11) is 0.517. The number of benzene rings is 1. The molecule has 0 atom stereocenters. The number of halogens is 2. The van der Waals surface area contributed by atoms with Gasteiger partial charge in [0.1, 0.15) is 0 Å². The molecule has 0 aromatic heterocycles. The van der Waals surface area contributed by atoms with Crippen LogP contribution in [0, 0.1) is 0 Å². The fraction of sp³-hybridized carbons (Fsp3) is 0.400. The molecule has 0 unspecified atom stereocenters. The van der Waals surface area contributed by atoms with Gasteiger partial charge < -0.3 is 4.90 Å². The molecular weight excluding hydrogens is 269 g/mol. The third-order valence-electron chi connectivity index (χ3n) is 1.98. The molecule has 0 amide bonds. The van der Waals surface area contributed by atoms with Crippen LogP contribution in [0.5, 0.6) is 0 Å². The Kier molecular flexibility index (Phi) is 6.33. The van der Waals surface area contributed by atoms with E-state index in [1.807, 2.05) is 19.0 Å². The Hall–Kier alpha value is -0.290. The van der Waals surface area contributed by atoms with Gasteiger partial charge in [-0.3, -0.25) is 0 Å². The van der Waals surface area contributed by atoms with Crippen LogP contribution in [0.3, 0.4) is 0 Å². The van der Waals surface area contributed by atoms with Gasteiger partial charge in [0.2, 0.25) is 0 Å². The van der Waals surface area contributed by atoms with E-state index in [1.165, 1.54) is 12.1 Å². The van der Waals surface area contributed by atoms with Crippen molar-refractivity contribution in [2.45, 2.75) is 4.90 Å². The lowest BCUT2D eigenvalue weighted by atomic mass is 10.4. The van der Waals surface area contributed by atoms with Gasteiger partial charge in [0, 0.05) is 11.6 Å². The molecule has 0 spiro atoms. The topological polar surface area (TPSA) is 37.4 Å². The summed E-state index contributed by atoms with van der Waals surface area (Å²) in [5.41, 5.74) is 0. The maximum absolute atomic E-state index is 11.8. The summed E-state index contributed by atoms with van der Waals surface area (Å²) in [6, 6.07) is 6.24. The minimum absolute atomic E-state index is 0. The normalized spacial score (nSPS) is 11.2. The Morgan fingerprint density at radius 2 is 1.69 bits per heavy atom. The molecule has 3 nitrogen and oxygen atoms in total. The van der Waals surface area contributed by atoms with Crippen molar-refractivity contribution in [2.24, 2.45) is 0 Å². The SMILES string of the molecule is CN(C)CCS(=O)(=O)c1ccc(Cl)cc1.Cl. The summed E-state index contributed by atoms with van der Waals surface area (Å²) in [5.74, 6) is 0.127. The quantitative estimate of drug-likeness (QED) is 0.849. The fourth-order valence-electron chi connectivity index (χ4n) is 1.06. The first kappa shape index (κ1) is 15.7. The van der Waals surface area contributed by atoms with Crippen LogP contribution in [0.4, 0.5) is 0 Å². The molecule has 0 N–H and O–H groups in total. The Morgan fingerprint density at radius 3 is 2.12 bits per heavy atom. The van der Waals surface area contributed by atoms with Crippen molar-refractivity contribution < 1.29 is 8.42 Å². The van der Waals surface area contributed by atoms with Crippen LogP contribution >= 0.6 is 24.0 Å². The standard InChI is InChI=1S/C10H14ClNO2S.ClH/c1-12(2)7-8-15(13,14)10-5-3-9(11)4-6-10;/h3-6H,7-8H2,1-2H3;1H. The lowest BCUT2D eigenvalue weighted by molar-refractivity contribution is 0.432. The molecule has 0 bridgehead atoms. The summed E-state index contributed by atoms with van der Waals surface area (Å²) < 4.78 is 23.6. The van der Waals surface area contributed by atoms with E-state index in [0.717, 1.165) is 0 Å². The predicted octanol–water partition coefficient (Wildman–Crippen LogP) is 2.10. The molecule has 0 aliphatic carbocycles. The first-order valence-electron chi connectivity index (χ1n) is 4.55. The minimum Gasteiger partial charge on any atom is -0.308 e. The highest BCUT2D eigenvalue weighted by Crippen LogP contribution is 2.15. The molecule has 16 heavy (non-hydrogen) atoms. The van der Waals surface area contributed by atoms with Crippen molar-refractivity contribution in [3.63, 3.8) is 0 Å². The van der Waals surface area contributed by atoms with Crippen molar-refractivity contribution in [2.75, 3.05) is 26.4 Å². The third kappa shape index (κ3) is 4.70. The van der Waals surface area contributed by atoms with Gasteiger partial charge in [-0.25, -0.2) is 8.42 Å². The van der Waals surface area contributed by atoms with E-state index in [9.17, 15) is 8.42 Å². The number of hydrogen-bond acceptors (Lipinski definition) is 3. The first-order chi connectivity index (χ1) is 6.92. The molecular formula is C10H15Cl2NO2S. The molecule has 1 aromatic carbocycles. The monoisotopic (exact) mass is 283 g/mol. The molecule has 6 heteroatoms. The zero-order valence-corrected chi connectivity index (χ0v) is 11.6. The lowest BCUT2D eigenvalue weighted by Gasteiger charge is -2.09. The fourth-order valence-corrected chi connectivity index (χ4v) is 2.58. The minimum atomic E-state index is -3.17. The maximum Gasteiger partial charge on any atom is 0.179 e. The number of nitrogens with zero attached hydrogens (tertiary/aromatic N) is 1. The molecule has 1 rings (SSSR count). The molecule has 0 heterocycles. The van der Waals surface area contributed by atoms with Gasteiger partial charge in [-0.15, -0.1) is 12.4 Å². The second kappa shape index (κ2) is 6.45. The van der Waals surface area contributed by atoms with Gasteiger partial charge in [-0.1, -0.05) is 11.6 Å². The summed E-state index contributed by atoms with van der Waals surface area (Å²) in [6.45, 7) is 0.519. The Morgan fingerprint density at radius 1 is 1.19 bits per heavy atom. The average molecular weight is 284 g/mol. The predicted molar refractivity (Wildman–Crippen MR) is 69.3 cm³/mol. The second-order valence-electron chi connectivity index (χ2n) is 3.58. The Balaban J connectivity index is 0.00000225. The van der Waals surface area contributed by atoms with E-state index in [4.69, 9.17) is 11.6 Å². The van der Waals surface area contributed by atoms with E-state index in [1.54, 1.807) is 12.1 Å². The molecule has 0 aliphatic rings. The highest BCUT2D eigenvalue weighted by Gasteiger charge is 2.13. The van der Waals surface area contributed by atoms with Crippen LogP contribution in [0.15, 0.2) is 29.2 Å². The molecule has 0 radical (unpaired) electrons. The second-order valence-corrected chi connectivity index (χ2v) is 6.12. The van der Waals surface area contributed by atoms with Gasteiger partial charge in [0.25, 0.3) is 0 Å². The van der Waals surface area contributed by atoms with Crippen LogP contribution in [0.25, 0.3) is 0 Å². The van der Waals surface area contributed by atoms with Gasteiger partial charge in [-0.2, -0.15) is 0 Å². The van der Waals surface area contributed by atoms with Gasteiger partial charge >= 0.3 is 0 Å². The van der Waals surface area contributed by atoms with Gasteiger partial charge in [0.05, 0.1) is 10.6 Å². The van der Waals surface area contributed by atoms with E-state index in [0.29, 0.717) is 16.5 Å². The van der Waals surface area contributed by atoms with Gasteiger partial charge in [0.15, 0.2) is 9.84 Å². The molecule has 0 fully saturated rings. The summed E-state index contributed by atoms with van der Waals surface area (Å²) in [5, 5.41) is 0.543. The van der Waals surface area contributed by atoms with Crippen molar-refractivity contribution >= 4 is 33.8 Å². The third-order valence-corrected chi connectivity index (χ3v) is 3.94. The zero-order chi connectivity index (χ0) is 11.5. The van der Waals surface area contributed by atoms with Gasteiger partial charge in [-0.05, 0) is 38.4 Å². The zero-order valence-electron chi connectivity index (χ0n) is 9.18. The van der Waals surface area contributed by atoms with E-state index >= 15 is 0 Å². The first-order valence-corrected chi connectivity index (χ1v) is 6.58. The Bertz CT molecular complexity index is 415. The van der Waals surface area contributed by atoms with E-state index in [-0.39, 0.29) is 18.2 Å². The summed E-state index contributed by atoms with van der Waals surface area (Å²) in [4.78, 5) is 2.17. The van der Waals surface area contributed by atoms with Crippen molar-refractivity contribution in [3.8, 4) is 0 Å². The number of hydrogen-bond donors (Lipinski definition) is 0. The summed E-state index contributed by atoms with van der Waals surface area (Å²) in [6.07, 6.45) is 0. The number of sulfone groups is 1. The van der Waals surface area contributed by atoms with Crippen molar-refractivity contribution in [3.05, 3.63) is 29.3 Å². The van der Waals surface area contributed by atoms with Crippen LogP contribution in [-0.2, 0) is 9.84 Å². The van der Waals surface area contributed by atoms with Crippen LogP contribution < -0.4 is 0 Å².